The average Bonchev–Trinajstić information content (AvgIpc) is 2.32. The van der Waals surface area contributed by atoms with E-state index in [1.165, 1.54) is 6.20 Å². The van der Waals surface area contributed by atoms with Gasteiger partial charge in [-0.15, -0.1) is 0 Å². The van der Waals surface area contributed by atoms with Crippen molar-refractivity contribution < 1.29 is 9.66 Å². The predicted octanol–water partition coefficient (Wildman–Crippen LogP) is 4.16. The second-order valence-electron chi connectivity index (χ2n) is 4.05. The number of nitrogens with zero attached hydrogens (tertiary/aromatic N) is 2. The predicted molar refractivity (Wildman–Crippen MR) is 74.6 cm³/mol. The van der Waals surface area contributed by atoms with Crippen molar-refractivity contribution in [1.29, 1.82) is 0 Å². The summed E-state index contributed by atoms with van der Waals surface area (Å²) < 4.78 is 6.48. The van der Waals surface area contributed by atoms with Crippen LogP contribution >= 0.6 is 15.9 Å². The van der Waals surface area contributed by atoms with Gasteiger partial charge in [-0.3, -0.25) is 10.1 Å². The average molecular weight is 323 g/mol. The maximum atomic E-state index is 11.0. The zero-order valence-electron chi connectivity index (χ0n) is 10.4. The van der Waals surface area contributed by atoms with Gasteiger partial charge in [0.25, 0.3) is 5.88 Å². The van der Waals surface area contributed by atoms with Gasteiger partial charge in [-0.25, -0.2) is 4.98 Å². The lowest BCUT2D eigenvalue weighted by Gasteiger charge is -2.09. The van der Waals surface area contributed by atoms with E-state index < -0.39 is 4.92 Å². The highest BCUT2D eigenvalue weighted by molar-refractivity contribution is 9.10. The van der Waals surface area contributed by atoms with Gasteiger partial charge in [-0.1, -0.05) is 15.9 Å². The van der Waals surface area contributed by atoms with Crippen LogP contribution in [0.15, 0.2) is 34.9 Å². The number of nitro groups is 1. The minimum absolute atomic E-state index is 0.00965. The lowest BCUT2D eigenvalue weighted by molar-refractivity contribution is -0.386. The molecule has 1 aromatic carbocycles. The third kappa shape index (κ3) is 2.90. The summed E-state index contributed by atoms with van der Waals surface area (Å²) in [5, 5.41) is 11.0. The first-order valence-electron chi connectivity index (χ1n) is 5.53. The van der Waals surface area contributed by atoms with Gasteiger partial charge in [0.15, 0.2) is 0 Å². The number of ether oxygens (including phenoxy) is 1. The molecule has 1 heterocycles. The molecule has 0 spiro atoms. The van der Waals surface area contributed by atoms with Crippen LogP contribution < -0.4 is 4.74 Å². The smallest absolute Gasteiger partial charge is 0.334 e. The molecule has 2 aromatic rings. The molecule has 0 unspecified atom stereocenters. The molecule has 0 radical (unpaired) electrons. The maximum Gasteiger partial charge on any atom is 0.334 e. The molecule has 0 bridgehead atoms. The van der Waals surface area contributed by atoms with Gasteiger partial charge in [-0.05, 0) is 43.7 Å². The molecule has 0 saturated carbocycles. The van der Waals surface area contributed by atoms with Crippen molar-refractivity contribution in [1.82, 2.24) is 4.98 Å². The lowest BCUT2D eigenvalue weighted by atomic mass is 10.2. The Morgan fingerprint density at radius 1 is 1.26 bits per heavy atom. The van der Waals surface area contributed by atoms with Gasteiger partial charge in [0.1, 0.15) is 5.75 Å². The molecule has 0 atom stereocenters. The largest absolute Gasteiger partial charge is 0.433 e. The van der Waals surface area contributed by atoms with Crippen LogP contribution in [0.1, 0.15) is 11.1 Å². The van der Waals surface area contributed by atoms with Gasteiger partial charge in [0.2, 0.25) is 0 Å². The Labute approximate surface area is 118 Å². The Kier molecular flexibility index (Phi) is 3.80. The van der Waals surface area contributed by atoms with E-state index in [1.807, 2.05) is 19.1 Å². The number of aryl methyl sites for hydroxylation is 2. The normalized spacial score (nSPS) is 10.3. The first-order valence-corrected chi connectivity index (χ1v) is 6.32. The summed E-state index contributed by atoms with van der Waals surface area (Å²) in [6.07, 6.45) is 1.49. The third-order valence-electron chi connectivity index (χ3n) is 2.62. The molecule has 19 heavy (non-hydrogen) atoms. The molecule has 0 aliphatic rings. The first kappa shape index (κ1) is 13.5. The van der Waals surface area contributed by atoms with Crippen molar-refractivity contribution in [2.24, 2.45) is 0 Å². The fraction of sp³-hybridized carbons (Fsp3) is 0.154. The number of rotatable bonds is 3. The van der Waals surface area contributed by atoms with E-state index >= 15 is 0 Å². The minimum Gasteiger partial charge on any atom is -0.433 e. The number of hydrogen-bond acceptors (Lipinski definition) is 4. The van der Waals surface area contributed by atoms with E-state index in [9.17, 15) is 10.1 Å². The topological polar surface area (TPSA) is 65.3 Å². The Morgan fingerprint density at radius 2 is 2.00 bits per heavy atom. The zero-order chi connectivity index (χ0) is 14.0. The highest BCUT2D eigenvalue weighted by atomic mass is 79.9. The van der Waals surface area contributed by atoms with E-state index in [1.54, 1.807) is 19.1 Å². The zero-order valence-corrected chi connectivity index (χ0v) is 12.0. The molecule has 0 saturated heterocycles. The summed E-state index contributed by atoms with van der Waals surface area (Å²) in [6, 6.07) is 7.01. The van der Waals surface area contributed by atoms with Crippen LogP contribution in [0.4, 0.5) is 5.69 Å². The maximum absolute atomic E-state index is 11.0. The van der Waals surface area contributed by atoms with Crippen molar-refractivity contribution in [3.63, 3.8) is 0 Å². The number of halogens is 1. The van der Waals surface area contributed by atoms with Crippen LogP contribution in [0.2, 0.25) is 0 Å². The van der Waals surface area contributed by atoms with E-state index in [0.717, 1.165) is 10.0 Å². The van der Waals surface area contributed by atoms with Crippen LogP contribution in [-0.2, 0) is 0 Å². The molecule has 0 N–H and O–H groups in total. The fourth-order valence-electron chi connectivity index (χ4n) is 1.65. The van der Waals surface area contributed by atoms with Crippen LogP contribution in [0.3, 0.4) is 0 Å². The fourth-order valence-corrected chi connectivity index (χ4v) is 2.13. The Hall–Kier alpha value is -1.95. The molecular formula is C13H11BrN2O3. The van der Waals surface area contributed by atoms with Crippen molar-refractivity contribution in [3.8, 4) is 11.6 Å². The number of hydrogen-bond donors (Lipinski definition) is 0. The van der Waals surface area contributed by atoms with Crippen molar-refractivity contribution in [2.45, 2.75) is 13.8 Å². The molecule has 0 aliphatic carbocycles. The number of benzene rings is 1. The molecule has 0 fully saturated rings. The van der Waals surface area contributed by atoms with Gasteiger partial charge in [0.05, 0.1) is 4.92 Å². The van der Waals surface area contributed by atoms with Crippen molar-refractivity contribution in [2.75, 3.05) is 0 Å². The van der Waals surface area contributed by atoms with Crippen LogP contribution in [0.5, 0.6) is 11.6 Å². The molecule has 1 aromatic heterocycles. The second kappa shape index (κ2) is 5.36. The molecule has 5 nitrogen and oxygen atoms in total. The molecular weight excluding hydrogens is 312 g/mol. The van der Waals surface area contributed by atoms with Crippen LogP contribution in [-0.4, -0.2) is 9.91 Å². The Balaban J connectivity index is 2.44. The number of aromatic nitrogens is 1. The van der Waals surface area contributed by atoms with Crippen LogP contribution in [0, 0.1) is 24.0 Å². The van der Waals surface area contributed by atoms with E-state index in [0.29, 0.717) is 11.3 Å². The lowest BCUT2D eigenvalue weighted by Crippen LogP contribution is -1.99. The molecule has 98 valence electrons. The van der Waals surface area contributed by atoms with Gasteiger partial charge < -0.3 is 4.74 Å². The first-order chi connectivity index (χ1) is 8.99. The molecule has 0 aliphatic heterocycles. The Morgan fingerprint density at radius 3 is 2.63 bits per heavy atom. The highest BCUT2D eigenvalue weighted by Crippen LogP contribution is 2.33. The second-order valence-corrected chi connectivity index (χ2v) is 4.97. The van der Waals surface area contributed by atoms with Crippen molar-refractivity contribution in [3.05, 3.63) is 56.2 Å². The van der Waals surface area contributed by atoms with Gasteiger partial charge in [-0.2, -0.15) is 0 Å². The summed E-state index contributed by atoms with van der Waals surface area (Å²) in [6.45, 7) is 3.52. The molecule has 2 rings (SSSR count). The van der Waals surface area contributed by atoms with E-state index in [-0.39, 0.29) is 11.6 Å². The highest BCUT2D eigenvalue weighted by Gasteiger charge is 2.21. The summed E-state index contributed by atoms with van der Waals surface area (Å²) >= 11 is 3.35. The number of pyridine rings is 1. The summed E-state index contributed by atoms with van der Waals surface area (Å²) in [5.74, 6) is 0.555. The summed E-state index contributed by atoms with van der Waals surface area (Å²) in [5.41, 5.74) is 1.28. The van der Waals surface area contributed by atoms with Crippen molar-refractivity contribution >= 4 is 21.6 Å². The third-order valence-corrected chi connectivity index (χ3v) is 3.11. The van der Waals surface area contributed by atoms with Gasteiger partial charge in [0, 0.05) is 16.2 Å². The summed E-state index contributed by atoms with van der Waals surface area (Å²) in [4.78, 5) is 14.5. The SMILES string of the molecule is Cc1cc(Br)ccc1Oc1nccc(C)c1[N+](=O)[O-]. The van der Waals surface area contributed by atoms with Gasteiger partial charge >= 0.3 is 5.69 Å². The summed E-state index contributed by atoms with van der Waals surface area (Å²) in [7, 11) is 0. The van der Waals surface area contributed by atoms with E-state index in [2.05, 4.69) is 20.9 Å². The van der Waals surface area contributed by atoms with Crippen LogP contribution in [0.25, 0.3) is 0 Å². The monoisotopic (exact) mass is 322 g/mol. The standard InChI is InChI=1S/C13H11BrN2O3/c1-8-5-6-15-13(12(8)16(17)18)19-11-4-3-10(14)7-9(11)2/h3-7H,1-2H3. The Bertz CT molecular complexity index is 644. The molecule has 0 amide bonds. The quantitative estimate of drug-likeness (QED) is 0.628. The molecule has 6 heteroatoms. The minimum atomic E-state index is -0.480. The van der Waals surface area contributed by atoms with E-state index in [4.69, 9.17) is 4.74 Å².